The molecule has 0 saturated carbocycles. The van der Waals surface area contributed by atoms with Crippen LogP contribution in [0.4, 0.5) is 5.69 Å². The lowest BCUT2D eigenvalue weighted by molar-refractivity contribution is -0.122. The maximum atomic E-state index is 12.8. The van der Waals surface area contributed by atoms with Crippen LogP contribution in [0.2, 0.25) is 0 Å². The Morgan fingerprint density at radius 3 is 2.53 bits per heavy atom. The van der Waals surface area contributed by atoms with Gasteiger partial charge in [-0.3, -0.25) is 14.5 Å². The van der Waals surface area contributed by atoms with Crippen LogP contribution in [0.1, 0.15) is 54.1 Å². The average molecular weight is 497 g/mol. The largest absolute Gasteiger partial charge is 0.465 e. The number of aryl methyl sites for hydroxylation is 1. The van der Waals surface area contributed by atoms with E-state index in [1.165, 1.54) is 18.9 Å². The lowest BCUT2D eigenvalue weighted by atomic mass is 10.1. The molecule has 1 saturated heterocycles. The van der Waals surface area contributed by atoms with Gasteiger partial charge in [0.15, 0.2) is 0 Å². The van der Waals surface area contributed by atoms with Crippen LogP contribution in [-0.4, -0.2) is 40.7 Å². The van der Waals surface area contributed by atoms with Crippen molar-refractivity contribution in [2.24, 2.45) is 0 Å². The summed E-state index contributed by atoms with van der Waals surface area (Å²) in [5.41, 5.74) is 3.26. The first-order valence-corrected chi connectivity index (χ1v) is 12.5. The predicted octanol–water partition coefficient (Wildman–Crippen LogP) is 5.44. The number of carbonyl (C=O) groups excluding carboxylic acids is 3. The molecule has 1 aliphatic rings. The molecule has 2 aromatic carbocycles. The second-order valence-corrected chi connectivity index (χ2v) is 9.49. The van der Waals surface area contributed by atoms with Gasteiger partial charge in [-0.25, -0.2) is 4.79 Å². The molecule has 0 spiro atoms. The molecule has 1 fully saturated rings. The zero-order valence-electron chi connectivity index (χ0n) is 19.3. The summed E-state index contributed by atoms with van der Waals surface area (Å²) in [6, 6.07) is 14.7. The van der Waals surface area contributed by atoms with Crippen LogP contribution in [0, 0.1) is 0 Å². The van der Waals surface area contributed by atoms with Crippen molar-refractivity contribution in [1.29, 1.82) is 0 Å². The second-order valence-electron chi connectivity index (χ2n) is 7.82. The monoisotopic (exact) mass is 496 g/mol. The first kappa shape index (κ1) is 25.6. The zero-order chi connectivity index (χ0) is 24.5. The normalized spacial score (nSPS) is 14.5. The van der Waals surface area contributed by atoms with E-state index in [4.69, 9.17) is 17.0 Å². The van der Waals surface area contributed by atoms with Gasteiger partial charge in [0.1, 0.15) is 4.32 Å². The van der Waals surface area contributed by atoms with Crippen molar-refractivity contribution in [2.45, 2.75) is 39.0 Å². The molecule has 6 nitrogen and oxygen atoms in total. The summed E-state index contributed by atoms with van der Waals surface area (Å²) < 4.78 is 5.24. The standard InChI is InChI=1S/C26H28N2O4S2/c1-3-19-9-6-7-10-21(19)27-23(29)11-5-4-8-16-28-24(30)22(34-26(28)33)17-18-12-14-20(15-13-18)25(31)32-2/h6-7,9-10,12-15,17H,3-5,8,11,16H2,1-2H3,(H,27,29)/b22-17-. The summed E-state index contributed by atoms with van der Waals surface area (Å²) >= 11 is 6.68. The van der Waals surface area contributed by atoms with Crippen molar-refractivity contribution in [1.82, 2.24) is 4.90 Å². The molecule has 0 unspecified atom stereocenters. The Bertz CT molecular complexity index is 1100. The van der Waals surface area contributed by atoms with Gasteiger partial charge in [0, 0.05) is 18.7 Å². The number of carbonyl (C=O) groups is 3. The lowest BCUT2D eigenvalue weighted by Crippen LogP contribution is -2.29. The molecule has 0 bridgehead atoms. The van der Waals surface area contributed by atoms with Crippen molar-refractivity contribution in [3.05, 3.63) is 70.1 Å². The summed E-state index contributed by atoms with van der Waals surface area (Å²) in [7, 11) is 1.34. The van der Waals surface area contributed by atoms with Crippen molar-refractivity contribution >= 4 is 57.8 Å². The minimum absolute atomic E-state index is 0.00710. The molecule has 34 heavy (non-hydrogen) atoms. The number of nitrogens with zero attached hydrogens (tertiary/aromatic N) is 1. The van der Waals surface area contributed by atoms with Gasteiger partial charge in [-0.1, -0.05) is 67.7 Å². The van der Waals surface area contributed by atoms with E-state index in [2.05, 4.69) is 12.2 Å². The highest BCUT2D eigenvalue weighted by molar-refractivity contribution is 8.26. The van der Waals surface area contributed by atoms with E-state index in [1.54, 1.807) is 35.2 Å². The molecule has 1 heterocycles. The zero-order valence-corrected chi connectivity index (χ0v) is 21.0. The Hall–Kier alpha value is -2.97. The highest BCUT2D eigenvalue weighted by atomic mass is 32.2. The molecule has 0 atom stereocenters. The van der Waals surface area contributed by atoms with Gasteiger partial charge in [0.05, 0.1) is 17.6 Å². The number of ether oxygens (including phenoxy) is 1. The van der Waals surface area contributed by atoms with Crippen LogP contribution >= 0.6 is 24.0 Å². The number of benzene rings is 2. The third-order valence-corrected chi connectivity index (χ3v) is 6.84. The number of thiocarbonyl (C=S) groups is 1. The number of nitrogens with one attached hydrogen (secondary N) is 1. The minimum atomic E-state index is -0.402. The Morgan fingerprint density at radius 1 is 1.09 bits per heavy atom. The summed E-state index contributed by atoms with van der Waals surface area (Å²) in [6.45, 7) is 2.60. The lowest BCUT2D eigenvalue weighted by Gasteiger charge is -2.14. The molecule has 1 N–H and O–H groups in total. The summed E-state index contributed by atoms with van der Waals surface area (Å²) in [4.78, 5) is 38.8. The number of para-hydroxylation sites is 1. The summed E-state index contributed by atoms with van der Waals surface area (Å²) in [5, 5.41) is 2.99. The third kappa shape index (κ3) is 6.77. The first-order valence-electron chi connectivity index (χ1n) is 11.2. The number of hydrogen-bond donors (Lipinski definition) is 1. The van der Waals surface area contributed by atoms with Crippen molar-refractivity contribution in [3.8, 4) is 0 Å². The first-order chi connectivity index (χ1) is 16.4. The molecule has 2 aromatic rings. The highest BCUT2D eigenvalue weighted by Crippen LogP contribution is 2.32. The number of methoxy groups -OCH3 is 1. The highest BCUT2D eigenvalue weighted by Gasteiger charge is 2.31. The van der Waals surface area contributed by atoms with E-state index >= 15 is 0 Å². The van der Waals surface area contributed by atoms with Crippen LogP contribution in [-0.2, 0) is 20.7 Å². The van der Waals surface area contributed by atoms with Gasteiger partial charge in [-0.15, -0.1) is 0 Å². The van der Waals surface area contributed by atoms with Gasteiger partial charge in [0.2, 0.25) is 5.91 Å². The summed E-state index contributed by atoms with van der Waals surface area (Å²) in [5.74, 6) is -0.505. The second kappa shape index (κ2) is 12.5. The maximum absolute atomic E-state index is 12.8. The van der Waals surface area contributed by atoms with Crippen LogP contribution in [0.5, 0.6) is 0 Å². The number of hydrogen-bond acceptors (Lipinski definition) is 6. The molecule has 0 radical (unpaired) electrons. The molecule has 178 valence electrons. The fourth-order valence-electron chi connectivity index (χ4n) is 3.57. The van der Waals surface area contributed by atoms with Gasteiger partial charge in [-0.2, -0.15) is 0 Å². The van der Waals surface area contributed by atoms with Crippen molar-refractivity contribution in [2.75, 3.05) is 19.0 Å². The molecular weight excluding hydrogens is 468 g/mol. The van der Waals surface area contributed by atoms with Gasteiger partial charge in [0.25, 0.3) is 5.91 Å². The number of anilines is 1. The molecule has 0 aliphatic carbocycles. The SMILES string of the molecule is CCc1ccccc1NC(=O)CCCCCN1C(=O)/C(=C/c2ccc(C(=O)OC)cc2)SC1=S. The summed E-state index contributed by atoms with van der Waals surface area (Å²) in [6.07, 6.45) is 5.43. The average Bonchev–Trinajstić information content (AvgIpc) is 3.11. The molecule has 3 rings (SSSR count). The smallest absolute Gasteiger partial charge is 0.337 e. The van der Waals surface area contributed by atoms with Crippen LogP contribution in [0.15, 0.2) is 53.4 Å². The quantitative estimate of drug-likeness (QED) is 0.204. The fourth-order valence-corrected chi connectivity index (χ4v) is 4.88. The van der Waals surface area contributed by atoms with Gasteiger partial charge < -0.3 is 10.1 Å². The number of unbranched alkanes of at least 4 members (excludes halogenated alkanes) is 2. The van der Waals surface area contributed by atoms with E-state index in [0.717, 1.165) is 42.5 Å². The van der Waals surface area contributed by atoms with Crippen molar-refractivity contribution < 1.29 is 19.1 Å². The van der Waals surface area contributed by atoms with Crippen LogP contribution in [0.3, 0.4) is 0 Å². The van der Waals surface area contributed by atoms with E-state index in [0.29, 0.717) is 27.8 Å². The molecule has 1 aliphatic heterocycles. The predicted molar refractivity (Wildman–Crippen MR) is 141 cm³/mol. The Labute approximate surface area is 209 Å². The Morgan fingerprint density at radius 2 is 1.82 bits per heavy atom. The van der Waals surface area contributed by atoms with Gasteiger partial charge >= 0.3 is 5.97 Å². The number of esters is 1. The van der Waals surface area contributed by atoms with E-state index < -0.39 is 5.97 Å². The van der Waals surface area contributed by atoms with E-state index in [-0.39, 0.29) is 11.8 Å². The maximum Gasteiger partial charge on any atom is 0.337 e. The number of thioether (sulfide) groups is 1. The van der Waals surface area contributed by atoms with Gasteiger partial charge in [-0.05, 0) is 54.7 Å². The molecule has 2 amide bonds. The van der Waals surface area contributed by atoms with Crippen LogP contribution in [0.25, 0.3) is 6.08 Å². The van der Waals surface area contributed by atoms with E-state index in [9.17, 15) is 14.4 Å². The minimum Gasteiger partial charge on any atom is -0.465 e. The molecular formula is C26H28N2O4S2. The number of amides is 2. The van der Waals surface area contributed by atoms with Crippen LogP contribution < -0.4 is 5.32 Å². The van der Waals surface area contributed by atoms with E-state index in [1.807, 2.05) is 24.3 Å². The number of rotatable bonds is 10. The molecule has 8 heteroatoms. The molecule has 0 aromatic heterocycles. The topological polar surface area (TPSA) is 75.7 Å². The Balaban J connectivity index is 1.44. The fraction of sp³-hybridized carbons (Fsp3) is 0.308. The Kier molecular flexibility index (Phi) is 9.42. The third-order valence-electron chi connectivity index (χ3n) is 5.46. The van der Waals surface area contributed by atoms with Crippen molar-refractivity contribution in [3.63, 3.8) is 0 Å².